The Morgan fingerprint density at radius 1 is 1.18 bits per heavy atom. The van der Waals surface area contributed by atoms with Crippen molar-refractivity contribution in [2.24, 2.45) is 0 Å². The van der Waals surface area contributed by atoms with Gasteiger partial charge in [-0.3, -0.25) is 0 Å². The monoisotopic (exact) mass is 240 g/mol. The molecule has 1 heterocycles. The van der Waals surface area contributed by atoms with Crippen LogP contribution in [0.3, 0.4) is 0 Å². The Balaban J connectivity index is 2.32. The number of hydrogen-bond acceptors (Lipinski definition) is 3. The van der Waals surface area contributed by atoms with Crippen LogP contribution in [-0.4, -0.2) is 4.98 Å². The zero-order chi connectivity index (χ0) is 12.3. The number of benzene rings is 1. The van der Waals surface area contributed by atoms with E-state index in [0.717, 1.165) is 9.79 Å². The lowest BCUT2D eigenvalue weighted by Gasteiger charge is -2.05. The molecule has 0 unspecified atom stereocenters. The Bertz CT molecular complexity index is 585. The average molecular weight is 240 g/mol. The highest BCUT2D eigenvalue weighted by molar-refractivity contribution is 7.99. The fraction of sp³-hybridized carbons (Fsp3) is 0.143. The van der Waals surface area contributed by atoms with Gasteiger partial charge in [-0.05, 0) is 49.2 Å². The summed E-state index contributed by atoms with van der Waals surface area (Å²) in [6.45, 7) is 4.18. The lowest BCUT2D eigenvalue weighted by atomic mass is 10.1. The van der Waals surface area contributed by atoms with E-state index in [1.807, 2.05) is 12.1 Å². The third kappa shape index (κ3) is 2.66. The van der Waals surface area contributed by atoms with Gasteiger partial charge >= 0.3 is 0 Å². The van der Waals surface area contributed by atoms with Crippen LogP contribution in [0, 0.1) is 25.2 Å². The van der Waals surface area contributed by atoms with E-state index < -0.39 is 0 Å². The Morgan fingerprint density at radius 3 is 2.71 bits per heavy atom. The summed E-state index contributed by atoms with van der Waals surface area (Å²) < 4.78 is 0. The highest BCUT2D eigenvalue weighted by Gasteiger charge is 2.05. The zero-order valence-electron chi connectivity index (χ0n) is 9.77. The van der Waals surface area contributed by atoms with Crippen molar-refractivity contribution >= 4 is 11.8 Å². The second-order valence-electron chi connectivity index (χ2n) is 3.81. The minimum atomic E-state index is 0.482. The summed E-state index contributed by atoms with van der Waals surface area (Å²) in [6, 6.07) is 12.2. The molecule has 0 aliphatic rings. The lowest BCUT2D eigenvalue weighted by Crippen LogP contribution is -1.86. The summed E-state index contributed by atoms with van der Waals surface area (Å²) >= 11 is 1.58. The maximum atomic E-state index is 8.97. The molecule has 0 saturated heterocycles. The number of nitriles is 1. The highest BCUT2D eigenvalue weighted by atomic mass is 32.2. The fourth-order valence-corrected chi connectivity index (χ4v) is 2.43. The van der Waals surface area contributed by atoms with Crippen molar-refractivity contribution in [3.8, 4) is 6.07 Å². The van der Waals surface area contributed by atoms with Gasteiger partial charge in [-0.2, -0.15) is 5.26 Å². The molecule has 0 N–H and O–H groups in total. The van der Waals surface area contributed by atoms with Crippen molar-refractivity contribution in [2.45, 2.75) is 23.6 Å². The molecule has 0 aliphatic heterocycles. The molecule has 0 fully saturated rings. The predicted octanol–water partition coefficient (Wildman–Crippen LogP) is 3.72. The molecular weight excluding hydrogens is 228 g/mol. The van der Waals surface area contributed by atoms with Crippen LogP contribution >= 0.6 is 11.8 Å². The van der Waals surface area contributed by atoms with Gasteiger partial charge in [0.25, 0.3) is 0 Å². The van der Waals surface area contributed by atoms with Crippen LogP contribution in [0.25, 0.3) is 0 Å². The average Bonchev–Trinajstić information content (AvgIpc) is 2.34. The second-order valence-corrected chi connectivity index (χ2v) is 4.93. The molecule has 17 heavy (non-hydrogen) atoms. The Hall–Kier alpha value is -1.79. The van der Waals surface area contributed by atoms with Crippen molar-refractivity contribution in [2.75, 3.05) is 0 Å². The fourth-order valence-electron chi connectivity index (χ4n) is 1.46. The van der Waals surface area contributed by atoms with E-state index in [4.69, 9.17) is 5.26 Å². The number of rotatable bonds is 2. The molecule has 2 rings (SSSR count). The summed E-state index contributed by atoms with van der Waals surface area (Å²) in [5.74, 6) is 0. The van der Waals surface area contributed by atoms with Crippen molar-refractivity contribution < 1.29 is 0 Å². The first kappa shape index (κ1) is 11.7. The first-order valence-corrected chi connectivity index (χ1v) is 6.12. The van der Waals surface area contributed by atoms with E-state index in [1.165, 1.54) is 11.1 Å². The third-order valence-corrected chi connectivity index (χ3v) is 3.62. The Kier molecular flexibility index (Phi) is 3.46. The normalized spacial score (nSPS) is 9.94. The Labute approximate surface area is 105 Å². The molecule has 0 bridgehead atoms. The maximum Gasteiger partial charge on any atom is 0.154 e. The van der Waals surface area contributed by atoms with Crippen molar-refractivity contribution in [1.82, 2.24) is 4.98 Å². The predicted molar refractivity (Wildman–Crippen MR) is 69.0 cm³/mol. The maximum absolute atomic E-state index is 8.97. The number of pyridine rings is 1. The summed E-state index contributed by atoms with van der Waals surface area (Å²) in [7, 11) is 0. The van der Waals surface area contributed by atoms with Crippen molar-refractivity contribution in [1.29, 1.82) is 5.26 Å². The first-order chi connectivity index (χ1) is 8.20. The molecule has 2 nitrogen and oxygen atoms in total. The smallest absolute Gasteiger partial charge is 0.154 e. The van der Waals surface area contributed by atoms with Crippen LogP contribution in [0.4, 0.5) is 0 Å². The molecule has 0 saturated carbocycles. The SMILES string of the molecule is Cc1ccc(Sc2cccnc2C#N)cc1C. The van der Waals surface area contributed by atoms with Crippen molar-refractivity contribution in [3.63, 3.8) is 0 Å². The van der Waals surface area contributed by atoms with E-state index in [1.54, 1.807) is 18.0 Å². The molecule has 0 radical (unpaired) electrons. The molecule has 3 heteroatoms. The van der Waals surface area contributed by atoms with Crippen LogP contribution in [0.1, 0.15) is 16.8 Å². The molecular formula is C14H12N2S. The number of nitrogens with zero attached hydrogens (tertiary/aromatic N) is 2. The lowest BCUT2D eigenvalue weighted by molar-refractivity contribution is 1.17. The van der Waals surface area contributed by atoms with Crippen LogP contribution in [0.15, 0.2) is 46.3 Å². The van der Waals surface area contributed by atoms with Gasteiger partial charge in [-0.1, -0.05) is 17.8 Å². The molecule has 0 aliphatic carbocycles. The molecule has 0 atom stereocenters. The molecule has 2 aromatic rings. The quantitative estimate of drug-likeness (QED) is 0.802. The topological polar surface area (TPSA) is 36.7 Å². The van der Waals surface area contributed by atoms with Gasteiger partial charge in [0.05, 0.1) is 0 Å². The Morgan fingerprint density at radius 2 is 2.00 bits per heavy atom. The summed E-state index contributed by atoms with van der Waals surface area (Å²) in [6.07, 6.45) is 1.64. The molecule has 0 amide bonds. The van der Waals surface area contributed by atoms with E-state index in [9.17, 15) is 0 Å². The van der Waals surface area contributed by atoms with E-state index in [-0.39, 0.29) is 0 Å². The summed E-state index contributed by atoms with van der Waals surface area (Å²) in [4.78, 5) is 6.09. The van der Waals surface area contributed by atoms with Crippen LogP contribution in [-0.2, 0) is 0 Å². The molecule has 0 spiro atoms. The summed E-state index contributed by atoms with van der Waals surface area (Å²) in [5.41, 5.74) is 3.02. The number of aryl methyl sites for hydroxylation is 2. The van der Waals surface area contributed by atoms with Crippen LogP contribution < -0.4 is 0 Å². The molecule has 1 aromatic carbocycles. The van der Waals surface area contributed by atoms with Crippen LogP contribution in [0.5, 0.6) is 0 Å². The zero-order valence-corrected chi connectivity index (χ0v) is 10.6. The number of hydrogen-bond donors (Lipinski definition) is 0. The van der Waals surface area contributed by atoms with E-state index in [0.29, 0.717) is 5.69 Å². The van der Waals surface area contributed by atoms with Crippen LogP contribution in [0.2, 0.25) is 0 Å². The third-order valence-electron chi connectivity index (χ3n) is 2.58. The van der Waals surface area contributed by atoms with Gasteiger partial charge in [0.15, 0.2) is 5.69 Å². The van der Waals surface area contributed by atoms with Gasteiger partial charge in [0.2, 0.25) is 0 Å². The first-order valence-electron chi connectivity index (χ1n) is 5.31. The van der Waals surface area contributed by atoms with Gasteiger partial charge in [0, 0.05) is 16.0 Å². The largest absolute Gasteiger partial charge is 0.244 e. The van der Waals surface area contributed by atoms with Gasteiger partial charge < -0.3 is 0 Å². The van der Waals surface area contributed by atoms with Crippen molar-refractivity contribution in [3.05, 3.63) is 53.3 Å². The standard InChI is InChI=1S/C14H12N2S/c1-10-5-6-12(8-11(10)2)17-14-4-3-7-16-13(14)9-15/h3-8H,1-2H3. The van der Waals surface area contributed by atoms with Gasteiger partial charge in [0.1, 0.15) is 6.07 Å². The van der Waals surface area contributed by atoms with E-state index in [2.05, 4.69) is 43.1 Å². The van der Waals surface area contributed by atoms with Gasteiger partial charge in [-0.15, -0.1) is 0 Å². The van der Waals surface area contributed by atoms with E-state index >= 15 is 0 Å². The minimum absolute atomic E-state index is 0.482. The summed E-state index contributed by atoms with van der Waals surface area (Å²) in [5, 5.41) is 8.97. The highest BCUT2D eigenvalue weighted by Crippen LogP contribution is 2.30. The molecule has 84 valence electrons. The minimum Gasteiger partial charge on any atom is -0.244 e. The second kappa shape index (κ2) is 5.03. The van der Waals surface area contributed by atoms with Gasteiger partial charge in [-0.25, -0.2) is 4.98 Å². The molecule has 1 aromatic heterocycles. The number of aromatic nitrogens is 1.